The quantitative estimate of drug-likeness (QED) is 0.842. The molecule has 96 valence electrons. The van der Waals surface area contributed by atoms with E-state index in [2.05, 4.69) is 49.0 Å². The smallest absolute Gasteiger partial charge is 0.0389 e. The third-order valence-electron chi connectivity index (χ3n) is 3.68. The van der Waals surface area contributed by atoms with Crippen LogP contribution in [0.25, 0.3) is 0 Å². The van der Waals surface area contributed by atoms with E-state index < -0.39 is 0 Å². The van der Waals surface area contributed by atoms with E-state index >= 15 is 0 Å². The van der Waals surface area contributed by atoms with Crippen molar-refractivity contribution in [2.75, 3.05) is 26.2 Å². The third-order valence-corrected chi connectivity index (χ3v) is 3.68. The standard InChI is InChI=1S/C14H25N3/c1-10(2)14(17-7-5-15-6-8-17)13-9-11(3)16-12(13)4/h9-10,14-16H,5-8H2,1-4H3. The van der Waals surface area contributed by atoms with Crippen molar-refractivity contribution in [3.63, 3.8) is 0 Å². The minimum atomic E-state index is 0.557. The van der Waals surface area contributed by atoms with Gasteiger partial charge in [-0.2, -0.15) is 0 Å². The van der Waals surface area contributed by atoms with Gasteiger partial charge in [-0.15, -0.1) is 0 Å². The number of H-pyrrole nitrogens is 1. The van der Waals surface area contributed by atoms with Gasteiger partial charge in [-0.1, -0.05) is 13.8 Å². The number of nitrogens with zero attached hydrogens (tertiary/aromatic N) is 1. The van der Waals surface area contributed by atoms with Crippen LogP contribution in [-0.4, -0.2) is 36.1 Å². The fraction of sp³-hybridized carbons (Fsp3) is 0.714. The van der Waals surface area contributed by atoms with Crippen LogP contribution >= 0.6 is 0 Å². The molecule has 0 aliphatic carbocycles. The van der Waals surface area contributed by atoms with Crippen LogP contribution in [0.4, 0.5) is 0 Å². The number of nitrogens with one attached hydrogen (secondary N) is 2. The van der Waals surface area contributed by atoms with Crippen molar-refractivity contribution in [2.24, 2.45) is 5.92 Å². The predicted molar refractivity (Wildman–Crippen MR) is 72.3 cm³/mol. The summed E-state index contributed by atoms with van der Waals surface area (Å²) in [5.41, 5.74) is 4.09. The van der Waals surface area contributed by atoms with Gasteiger partial charge in [0, 0.05) is 43.6 Å². The summed E-state index contributed by atoms with van der Waals surface area (Å²) in [4.78, 5) is 6.06. The van der Waals surface area contributed by atoms with E-state index in [1.165, 1.54) is 17.0 Å². The van der Waals surface area contributed by atoms with Gasteiger partial charge in [0.05, 0.1) is 0 Å². The summed E-state index contributed by atoms with van der Waals surface area (Å²) >= 11 is 0. The average Bonchev–Trinajstić information content (AvgIpc) is 2.59. The summed E-state index contributed by atoms with van der Waals surface area (Å²) < 4.78 is 0. The first-order chi connectivity index (χ1) is 8.09. The van der Waals surface area contributed by atoms with E-state index in [4.69, 9.17) is 0 Å². The van der Waals surface area contributed by atoms with Gasteiger partial charge < -0.3 is 10.3 Å². The Balaban J connectivity index is 2.24. The van der Waals surface area contributed by atoms with Crippen LogP contribution in [0.5, 0.6) is 0 Å². The maximum Gasteiger partial charge on any atom is 0.0389 e. The second-order valence-corrected chi connectivity index (χ2v) is 5.51. The zero-order chi connectivity index (χ0) is 12.4. The first-order valence-corrected chi connectivity index (χ1v) is 6.70. The molecule has 2 heterocycles. The van der Waals surface area contributed by atoms with Gasteiger partial charge in [0.1, 0.15) is 0 Å². The molecule has 1 aliphatic rings. The number of aromatic nitrogens is 1. The molecule has 0 radical (unpaired) electrons. The van der Waals surface area contributed by atoms with Crippen LogP contribution in [0, 0.1) is 19.8 Å². The molecule has 0 amide bonds. The molecule has 1 fully saturated rings. The molecule has 1 aromatic rings. The number of aromatic amines is 1. The molecule has 0 aromatic carbocycles. The van der Waals surface area contributed by atoms with E-state index in [0.29, 0.717) is 12.0 Å². The predicted octanol–water partition coefficient (Wildman–Crippen LogP) is 2.23. The number of piperazine rings is 1. The lowest BCUT2D eigenvalue weighted by molar-refractivity contribution is 0.137. The summed E-state index contributed by atoms with van der Waals surface area (Å²) in [5.74, 6) is 0.655. The van der Waals surface area contributed by atoms with Crippen molar-refractivity contribution in [2.45, 2.75) is 33.7 Å². The average molecular weight is 235 g/mol. The van der Waals surface area contributed by atoms with Gasteiger partial charge in [0.25, 0.3) is 0 Å². The molecule has 0 bridgehead atoms. The highest BCUT2D eigenvalue weighted by atomic mass is 15.2. The van der Waals surface area contributed by atoms with Gasteiger partial charge in [-0.3, -0.25) is 4.90 Å². The molecular weight excluding hydrogens is 210 g/mol. The molecule has 1 atom stereocenters. The highest BCUT2D eigenvalue weighted by Gasteiger charge is 2.26. The lowest BCUT2D eigenvalue weighted by Gasteiger charge is -2.37. The van der Waals surface area contributed by atoms with E-state index in [1.807, 2.05) is 0 Å². The molecule has 1 unspecified atom stereocenters. The molecule has 3 heteroatoms. The summed E-state index contributed by atoms with van der Waals surface area (Å²) in [7, 11) is 0. The van der Waals surface area contributed by atoms with Crippen LogP contribution in [-0.2, 0) is 0 Å². The Hall–Kier alpha value is -0.800. The minimum Gasteiger partial charge on any atom is -0.362 e. The number of aryl methyl sites for hydroxylation is 2. The van der Waals surface area contributed by atoms with Crippen molar-refractivity contribution in [3.05, 3.63) is 23.0 Å². The van der Waals surface area contributed by atoms with E-state index in [9.17, 15) is 0 Å². The third kappa shape index (κ3) is 2.72. The van der Waals surface area contributed by atoms with Crippen molar-refractivity contribution in [3.8, 4) is 0 Å². The maximum atomic E-state index is 3.44. The molecule has 1 aliphatic heterocycles. The highest BCUT2D eigenvalue weighted by molar-refractivity contribution is 5.28. The Morgan fingerprint density at radius 3 is 2.29 bits per heavy atom. The van der Waals surface area contributed by atoms with Gasteiger partial charge >= 0.3 is 0 Å². The molecule has 2 N–H and O–H groups in total. The first-order valence-electron chi connectivity index (χ1n) is 6.70. The largest absolute Gasteiger partial charge is 0.362 e. The summed E-state index contributed by atoms with van der Waals surface area (Å²) in [6, 6.07) is 2.88. The molecule has 1 saturated heterocycles. The lowest BCUT2D eigenvalue weighted by atomic mass is 9.94. The molecular formula is C14H25N3. The minimum absolute atomic E-state index is 0.557. The maximum absolute atomic E-state index is 3.44. The zero-order valence-corrected chi connectivity index (χ0v) is 11.5. The number of hydrogen-bond acceptors (Lipinski definition) is 2. The zero-order valence-electron chi connectivity index (χ0n) is 11.5. The Morgan fingerprint density at radius 2 is 1.82 bits per heavy atom. The Labute approximate surface area is 105 Å². The molecule has 0 saturated carbocycles. The van der Waals surface area contributed by atoms with E-state index in [1.54, 1.807) is 0 Å². The second kappa shape index (κ2) is 5.23. The molecule has 1 aromatic heterocycles. The number of rotatable bonds is 3. The molecule has 3 nitrogen and oxygen atoms in total. The SMILES string of the molecule is Cc1cc(C(C(C)C)N2CCNCC2)c(C)[nH]1. The van der Waals surface area contributed by atoms with Crippen molar-refractivity contribution in [1.29, 1.82) is 0 Å². The van der Waals surface area contributed by atoms with Gasteiger partial charge in [0.2, 0.25) is 0 Å². The topological polar surface area (TPSA) is 31.1 Å². The fourth-order valence-electron chi connectivity index (χ4n) is 2.99. The van der Waals surface area contributed by atoms with E-state index in [0.717, 1.165) is 26.2 Å². The summed E-state index contributed by atoms with van der Waals surface area (Å²) in [5, 5.41) is 3.43. The van der Waals surface area contributed by atoms with Crippen molar-refractivity contribution >= 4 is 0 Å². The van der Waals surface area contributed by atoms with Crippen LogP contribution in [0.1, 0.15) is 36.8 Å². The van der Waals surface area contributed by atoms with Crippen LogP contribution in [0.3, 0.4) is 0 Å². The van der Waals surface area contributed by atoms with Crippen LogP contribution in [0.15, 0.2) is 6.07 Å². The molecule has 0 spiro atoms. The fourth-order valence-corrected chi connectivity index (χ4v) is 2.99. The molecule has 2 rings (SSSR count). The van der Waals surface area contributed by atoms with Crippen LogP contribution in [0.2, 0.25) is 0 Å². The normalized spacial score (nSPS) is 19.8. The van der Waals surface area contributed by atoms with Gasteiger partial charge in [0.15, 0.2) is 0 Å². The Kier molecular flexibility index (Phi) is 3.89. The summed E-state index contributed by atoms with van der Waals surface area (Å²) in [6.45, 7) is 13.5. The first kappa shape index (κ1) is 12.7. The van der Waals surface area contributed by atoms with Crippen LogP contribution < -0.4 is 5.32 Å². The van der Waals surface area contributed by atoms with Gasteiger partial charge in [-0.25, -0.2) is 0 Å². The highest BCUT2D eigenvalue weighted by Crippen LogP contribution is 2.31. The second-order valence-electron chi connectivity index (χ2n) is 5.51. The van der Waals surface area contributed by atoms with Crippen molar-refractivity contribution < 1.29 is 0 Å². The molecule has 17 heavy (non-hydrogen) atoms. The summed E-state index contributed by atoms with van der Waals surface area (Å²) in [6.07, 6.45) is 0. The van der Waals surface area contributed by atoms with Crippen molar-refractivity contribution in [1.82, 2.24) is 15.2 Å². The lowest BCUT2D eigenvalue weighted by Crippen LogP contribution is -2.46. The number of hydrogen-bond donors (Lipinski definition) is 2. The Bertz CT molecular complexity index is 362. The van der Waals surface area contributed by atoms with Gasteiger partial charge in [-0.05, 0) is 31.4 Å². The monoisotopic (exact) mass is 235 g/mol. The Morgan fingerprint density at radius 1 is 1.18 bits per heavy atom. The van der Waals surface area contributed by atoms with E-state index in [-0.39, 0.29) is 0 Å².